The Morgan fingerprint density at radius 3 is 2.50 bits per heavy atom. The van der Waals surface area contributed by atoms with Crippen molar-refractivity contribution in [3.63, 3.8) is 0 Å². The molecule has 0 saturated carbocycles. The van der Waals surface area contributed by atoms with Crippen LogP contribution in [0.4, 0.5) is 0 Å². The van der Waals surface area contributed by atoms with Gasteiger partial charge in [0.1, 0.15) is 5.69 Å². The molecule has 0 fully saturated rings. The van der Waals surface area contributed by atoms with E-state index >= 15 is 0 Å². The number of aryl methyl sites for hydroxylation is 3. The van der Waals surface area contributed by atoms with Crippen molar-refractivity contribution in [3.05, 3.63) is 76.5 Å². The first-order chi connectivity index (χ1) is 13.4. The van der Waals surface area contributed by atoms with Gasteiger partial charge in [-0.2, -0.15) is 10.2 Å². The van der Waals surface area contributed by atoms with Crippen molar-refractivity contribution < 1.29 is 4.79 Å². The number of aromatic nitrogens is 5. The zero-order valence-electron chi connectivity index (χ0n) is 16.4. The van der Waals surface area contributed by atoms with E-state index in [1.165, 1.54) is 0 Å². The third-order valence-electron chi connectivity index (χ3n) is 4.78. The van der Waals surface area contributed by atoms with Crippen molar-refractivity contribution in [2.24, 2.45) is 0 Å². The smallest absolute Gasteiger partial charge is 0.270 e. The molecular formula is C21H22N6O. The Kier molecular flexibility index (Phi) is 4.43. The summed E-state index contributed by atoms with van der Waals surface area (Å²) in [5, 5.41) is 12.0. The third kappa shape index (κ3) is 3.15. The fourth-order valence-electron chi connectivity index (χ4n) is 3.39. The van der Waals surface area contributed by atoms with Crippen molar-refractivity contribution in [2.75, 3.05) is 0 Å². The minimum Gasteiger partial charge on any atom is -0.346 e. The topological polar surface area (TPSA) is 77.1 Å². The van der Waals surface area contributed by atoms with Crippen molar-refractivity contribution in [1.82, 2.24) is 29.7 Å². The van der Waals surface area contributed by atoms with E-state index in [4.69, 9.17) is 0 Å². The van der Waals surface area contributed by atoms with Crippen LogP contribution in [-0.4, -0.2) is 30.3 Å². The largest absolute Gasteiger partial charge is 0.346 e. The first kappa shape index (κ1) is 17.9. The van der Waals surface area contributed by atoms with Crippen LogP contribution in [0.15, 0.2) is 42.5 Å². The van der Waals surface area contributed by atoms with Crippen LogP contribution in [0.2, 0.25) is 0 Å². The van der Waals surface area contributed by atoms with Crippen molar-refractivity contribution >= 4 is 11.6 Å². The van der Waals surface area contributed by atoms with Gasteiger partial charge >= 0.3 is 0 Å². The van der Waals surface area contributed by atoms with Gasteiger partial charge in [0.15, 0.2) is 5.65 Å². The van der Waals surface area contributed by atoms with Crippen LogP contribution in [0, 0.1) is 27.7 Å². The van der Waals surface area contributed by atoms with E-state index in [1.54, 1.807) is 10.6 Å². The van der Waals surface area contributed by atoms with Crippen LogP contribution in [0.5, 0.6) is 0 Å². The molecule has 0 radical (unpaired) electrons. The molecule has 0 saturated heterocycles. The first-order valence-electron chi connectivity index (χ1n) is 9.17. The van der Waals surface area contributed by atoms with Gasteiger partial charge in [0, 0.05) is 29.6 Å². The lowest BCUT2D eigenvalue weighted by molar-refractivity contribution is 0.0943. The maximum atomic E-state index is 12.9. The van der Waals surface area contributed by atoms with E-state index in [9.17, 15) is 4.79 Å². The molecule has 142 valence electrons. The van der Waals surface area contributed by atoms with Gasteiger partial charge in [0.25, 0.3) is 5.91 Å². The normalized spacial score (nSPS) is 11.1. The number of carbonyl (C=O) groups is 1. The SMILES string of the molecule is Cc1cc(C(=O)NCc2c(C)nn(-c3ccccc3)c2C)n2nc(C)cc2n1. The predicted molar refractivity (Wildman–Crippen MR) is 107 cm³/mol. The number of amides is 1. The van der Waals surface area contributed by atoms with E-state index < -0.39 is 0 Å². The number of carbonyl (C=O) groups excluding carboxylic acids is 1. The Bertz CT molecular complexity index is 1170. The van der Waals surface area contributed by atoms with Gasteiger partial charge in [0.2, 0.25) is 0 Å². The summed E-state index contributed by atoms with van der Waals surface area (Å²) in [6.07, 6.45) is 0. The highest BCUT2D eigenvalue weighted by molar-refractivity contribution is 5.93. The molecule has 7 nitrogen and oxygen atoms in total. The number of hydrogen-bond acceptors (Lipinski definition) is 4. The van der Waals surface area contributed by atoms with Crippen molar-refractivity contribution in [1.29, 1.82) is 0 Å². The Balaban J connectivity index is 1.61. The molecule has 0 atom stereocenters. The van der Waals surface area contributed by atoms with Crippen LogP contribution >= 0.6 is 0 Å². The Hall–Kier alpha value is -3.48. The summed E-state index contributed by atoms with van der Waals surface area (Å²) >= 11 is 0. The quantitative estimate of drug-likeness (QED) is 0.595. The number of hydrogen-bond donors (Lipinski definition) is 1. The predicted octanol–water partition coefficient (Wildman–Crippen LogP) is 3.08. The highest BCUT2D eigenvalue weighted by atomic mass is 16.2. The maximum absolute atomic E-state index is 12.9. The number of rotatable bonds is 4. The fraction of sp³-hybridized carbons (Fsp3) is 0.238. The van der Waals surface area contributed by atoms with Crippen LogP contribution in [0.1, 0.15) is 38.8 Å². The van der Waals surface area contributed by atoms with E-state index in [0.29, 0.717) is 17.9 Å². The number of fused-ring (bicyclic) bond motifs is 1. The number of benzene rings is 1. The molecule has 3 heterocycles. The third-order valence-corrected chi connectivity index (χ3v) is 4.78. The molecule has 3 aromatic heterocycles. The summed E-state index contributed by atoms with van der Waals surface area (Å²) in [6, 6.07) is 13.6. The van der Waals surface area contributed by atoms with E-state index in [-0.39, 0.29) is 5.91 Å². The molecule has 28 heavy (non-hydrogen) atoms. The summed E-state index contributed by atoms with van der Waals surface area (Å²) in [5.74, 6) is -0.190. The summed E-state index contributed by atoms with van der Waals surface area (Å²) in [4.78, 5) is 17.3. The summed E-state index contributed by atoms with van der Waals surface area (Å²) < 4.78 is 3.49. The van der Waals surface area contributed by atoms with E-state index in [2.05, 4.69) is 20.5 Å². The Morgan fingerprint density at radius 1 is 1.00 bits per heavy atom. The van der Waals surface area contributed by atoms with Gasteiger partial charge in [-0.1, -0.05) is 18.2 Å². The highest BCUT2D eigenvalue weighted by Crippen LogP contribution is 2.18. The number of nitrogens with zero attached hydrogens (tertiary/aromatic N) is 5. The standard InChI is InChI=1S/C21H22N6O/c1-13-10-19(27-20(23-13)11-14(2)24-27)21(28)22-12-18-15(3)25-26(16(18)4)17-8-6-5-7-9-17/h5-11H,12H2,1-4H3,(H,22,28). The highest BCUT2D eigenvalue weighted by Gasteiger charge is 2.17. The molecule has 0 aliphatic heterocycles. The van der Waals surface area contributed by atoms with Crippen LogP contribution in [-0.2, 0) is 6.54 Å². The molecular weight excluding hydrogens is 352 g/mol. The fourth-order valence-corrected chi connectivity index (χ4v) is 3.39. The second-order valence-electron chi connectivity index (χ2n) is 6.92. The zero-order valence-corrected chi connectivity index (χ0v) is 16.4. The van der Waals surface area contributed by atoms with Crippen LogP contribution in [0.3, 0.4) is 0 Å². The maximum Gasteiger partial charge on any atom is 0.270 e. The minimum atomic E-state index is -0.190. The van der Waals surface area contributed by atoms with Crippen LogP contribution < -0.4 is 5.32 Å². The zero-order chi connectivity index (χ0) is 19.8. The van der Waals surface area contributed by atoms with Gasteiger partial charge in [-0.05, 0) is 45.9 Å². The lowest BCUT2D eigenvalue weighted by Gasteiger charge is -2.09. The molecule has 4 rings (SSSR count). The average Bonchev–Trinajstić information content (AvgIpc) is 3.18. The van der Waals surface area contributed by atoms with Gasteiger partial charge in [0.05, 0.1) is 17.1 Å². The molecule has 0 spiro atoms. The van der Waals surface area contributed by atoms with E-state index in [1.807, 2.05) is 68.8 Å². The molecule has 1 amide bonds. The lowest BCUT2D eigenvalue weighted by Crippen LogP contribution is -2.26. The first-order valence-corrected chi connectivity index (χ1v) is 9.17. The lowest BCUT2D eigenvalue weighted by atomic mass is 10.2. The second-order valence-corrected chi connectivity index (χ2v) is 6.92. The van der Waals surface area contributed by atoms with Gasteiger partial charge in [-0.3, -0.25) is 4.79 Å². The molecule has 1 N–H and O–H groups in total. The molecule has 1 aromatic carbocycles. The minimum absolute atomic E-state index is 0.190. The van der Waals surface area contributed by atoms with E-state index in [0.717, 1.165) is 34.0 Å². The molecule has 0 aliphatic carbocycles. The van der Waals surface area contributed by atoms with Gasteiger partial charge in [-0.15, -0.1) is 0 Å². The van der Waals surface area contributed by atoms with Gasteiger partial charge < -0.3 is 5.32 Å². The van der Waals surface area contributed by atoms with Crippen molar-refractivity contribution in [2.45, 2.75) is 34.2 Å². The van der Waals surface area contributed by atoms with Gasteiger partial charge in [-0.25, -0.2) is 14.2 Å². The molecule has 7 heteroatoms. The molecule has 0 aliphatic rings. The summed E-state index contributed by atoms with van der Waals surface area (Å²) in [7, 11) is 0. The Labute approximate surface area is 163 Å². The monoisotopic (exact) mass is 374 g/mol. The summed E-state index contributed by atoms with van der Waals surface area (Å²) in [5.41, 5.74) is 6.66. The van der Waals surface area contributed by atoms with Crippen molar-refractivity contribution in [3.8, 4) is 5.69 Å². The Morgan fingerprint density at radius 2 is 1.75 bits per heavy atom. The number of nitrogens with one attached hydrogen (secondary N) is 1. The van der Waals surface area contributed by atoms with Crippen LogP contribution in [0.25, 0.3) is 11.3 Å². The number of para-hydroxylation sites is 1. The average molecular weight is 374 g/mol. The summed E-state index contributed by atoms with van der Waals surface area (Å²) in [6.45, 7) is 8.12. The molecule has 0 bridgehead atoms. The molecule has 0 unspecified atom stereocenters. The second kappa shape index (κ2) is 6.92. The molecule has 4 aromatic rings.